The molecule has 0 saturated heterocycles. The molecule has 0 fully saturated rings. The summed E-state index contributed by atoms with van der Waals surface area (Å²) in [6.45, 7) is 0. The van der Waals surface area contributed by atoms with Crippen LogP contribution in [0.5, 0.6) is 11.5 Å². The average Bonchev–Trinajstić information content (AvgIpc) is 3.17. The standard InChI is InChI=1S/C48H30O/c1-2-10-31(11-3-1)32-20-24-35(25-21-32)46-38-14-4-6-16-40(38)47(41-17-7-5-15-39(41)46)36-26-22-33(23-27-36)37-28-29-44-43(30-37)42-18-8-12-34-13-9-19-45(49-44)48(34)42/h1-30H. The lowest BCUT2D eigenvalue weighted by atomic mass is 9.85. The van der Waals surface area contributed by atoms with E-state index in [2.05, 4.69) is 182 Å². The zero-order valence-corrected chi connectivity index (χ0v) is 26.7. The molecule has 0 atom stereocenters. The molecular formula is C48H30O. The number of fused-ring (bicyclic) bond motifs is 4. The van der Waals surface area contributed by atoms with Crippen LogP contribution in [0.3, 0.4) is 0 Å². The Hall–Kier alpha value is -6.44. The van der Waals surface area contributed by atoms with Gasteiger partial charge in [-0.1, -0.05) is 164 Å². The minimum absolute atomic E-state index is 0.902. The molecule has 228 valence electrons. The molecule has 9 aromatic rings. The highest BCUT2D eigenvalue weighted by Gasteiger charge is 2.21. The van der Waals surface area contributed by atoms with Gasteiger partial charge in [-0.15, -0.1) is 0 Å². The first-order valence-electron chi connectivity index (χ1n) is 16.8. The third-order valence-electron chi connectivity index (χ3n) is 10.1. The van der Waals surface area contributed by atoms with Gasteiger partial charge < -0.3 is 4.74 Å². The van der Waals surface area contributed by atoms with Crippen molar-refractivity contribution in [1.82, 2.24) is 0 Å². The Morgan fingerprint density at radius 3 is 1.35 bits per heavy atom. The normalized spacial score (nSPS) is 11.8. The van der Waals surface area contributed by atoms with Crippen molar-refractivity contribution >= 4 is 32.3 Å². The highest BCUT2D eigenvalue weighted by molar-refractivity contribution is 6.21. The van der Waals surface area contributed by atoms with Gasteiger partial charge in [-0.3, -0.25) is 0 Å². The summed E-state index contributed by atoms with van der Waals surface area (Å²) in [5.74, 6) is 1.83. The molecule has 1 aliphatic heterocycles. The topological polar surface area (TPSA) is 9.23 Å². The second-order valence-electron chi connectivity index (χ2n) is 12.8. The van der Waals surface area contributed by atoms with Crippen molar-refractivity contribution in [3.05, 3.63) is 182 Å². The summed E-state index contributed by atoms with van der Waals surface area (Å²) in [6.07, 6.45) is 0. The predicted octanol–water partition coefficient (Wildman–Crippen LogP) is 13.6. The molecule has 0 unspecified atom stereocenters. The molecule has 1 aliphatic rings. The van der Waals surface area contributed by atoms with Gasteiger partial charge in [0, 0.05) is 10.9 Å². The summed E-state index contributed by atoms with van der Waals surface area (Å²) in [4.78, 5) is 0. The third-order valence-corrected chi connectivity index (χ3v) is 10.1. The van der Waals surface area contributed by atoms with Gasteiger partial charge in [-0.25, -0.2) is 0 Å². The minimum Gasteiger partial charge on any atom is -0.456 e. The number of benzene rings is 9. The Morgan fingerprint density at radius 2 is 0.755 bits per heavy atom. The first-order valence-corrected chi connectivity index (χ1v) is 16.8. The summed E-state index contributed by atoms with van der Waals surface area (Å²) in [6, 6.07) is 65.7. The first kappa shape index (κ1) is 27.7. The third kappa shape index (κ3) is 4.47. The highest BCUT2D eigenvalue weighted by atomic mass is 16.5. The number of ether oxygens (including phenoxy) is 1. The molecule has 0 amide bonds. The van der Waals surface area contributed by atoms with Crippen molar-refractivity contribution in [3.63, 3.8) is 0 Å². The predicted molar refractivity (Wildman–Crippen MR) is 206 cm³/mol. The molecule has 0 N–H and O–H groups in total. The monoisotopic (exact) mass is 622 g/mol. The lowest BCUT2D eigenvalue weighted by molar-refractivity contribution is 0.487. The quantitative estimate of drug-likeness (QED) is 0.177. The Morgan fingerprint density at radius 1 is 0.286 bits per heavy atom. The fourth-order valence-electron chi connectivity index (χ4n) is 7.78. The Labute approximate surface area is 285 Å². The van der Waals surface area contributed by atoms with Crippen LogP contribution in [-0.2, 0) is 0 Å². The SMILES string of the molecule is c1ccc(-c2ccc(-c3c4ccccc4c(-c4ccc(-c5ccc6c(c5)-c5cccc7cccc(c57)O6)cc4)c4ccccc34)cc2)cc1. The van der Waals surface area contributed by atoms with Gasteiger partial charge in [-0.2, -0.15) is 0 Å². The van der Waals surface area contributed by atoms with Crippen LogP contribution in [0.4, 0.5) is 0 Å². The van der Waals surface area contributed by atoms with Gasteiger partial charge in [0.1, 0.15) is 11.5 Å². The summed E-state index contributed by atoms with van der Waals surface area (Å²) in [5.41, 5.74) is 12.2. The molecule has 0 aliphatic carbocycles. The van der Waals surface area contributed by atoms with Crippen LogP contribution in [0.25, 0.3) is 88.0 Å². The zero-order chi connectivity index (χ0) is 32.3. The van der Waals surface area contributed by atoms with E-state index < -0.39 is 0 Å². The number of hydrogen-bond acceptors (Lipinski definition) is 1. The average molecular weight is 623 g/mol. The summed E-state index contributed by atoms with van der Waals surface area (Å²) >= 11 is 0. The van der Waals surface area contributed by atoms with Gasteiger partial charge in [0.15, 0.2) is 0 Å². The van der Waals surface area contributed by atoms with Gasteiger partial charge in [0.05, 0.1) is 0 Å². The second-order valence-corrected chi connectivity index (χ2v) is 12.8. The van der Waals surface area contributed by atoms with E-state index in [1.807, 2.05) is 0 Å². The van der Waals surface area contributed by atoms with E-state index in [4.69, 9.17) is 4.74 Å². The van der Waals surface area contributed by atoms with Crippen LogP contribution in [0, 0.1) is 0 Å². The second kappa shape index (κ2) is 11.1. The number of rotatable bonds is 4. The van der Waals surface area contributed by atoms with Crippen molar-refractivity contribution < 1.29 is 4.74 Å². The fourth-order valence-corrected chi connectivity index (χ4v) is 7.78. The fraction of sp³-hybridized carbons (Fsp3) is 0. The van der Waals surface area contributed by atoms with E-state index in [9.17, 15) is 0 Å². The van der Waals surface area contributed by atoms with Crippen molar-refractivity contribution in [2.24, 2.45) is 0 Å². The molecule has 9 aromatic carbocycles. The lowest BCUT2D eigenvalue weighted by Crippen LogP contribution is -1.97. The van der Waals surface area contributed by atoms with E-state index in [0.29, 0.717) is 0 Å². The Balaban J connectivity index is 1.08. The molecule has 0 aromatic heterocycles. The molecule has 1 heterocycles. The lowest BCUT2D eigenvalue weighted by Gasteiger charge is -2.22. The van der Waals surface area contributed by atoms with E-state index in [-0.39, 0.29) is 0 Å². The molecule has 0 saturated carbocycles. The first-order chi connectivity index (χ1) is 24.3. The van der Waals surface area contributed by atoms with Crippen molar-refractivity contribution in [2.75, 3.05) is 0 Å². The van der Waals surface area contributed by atoms with Crippen LogP contribution < -0.4 is 4.74 Å². The van der Waals surface area contributed by atoms with Crippen LogP contribution in [0.15, 0.2) is 182 Å². The van der Waals surface area contributed by atoms with Crippen molar-refractivity contribution in [3.8, 4) is 67.1 Å². The minimum atomic E-state index is 0.902. The van der Waals surface area contributed by atoms with E-state index in [1.54, 1.807) is 0 Å². The maximum atomic E-state index is 6.37. The molecule has 49 heavy (non-hydrogen) atoms. The smallest absolute Gasteiger partial charge is 0.135 e. The van der Waals surface area contributed by atoms with Crippen LogP contribution >= 0.6 is 0 Å². The van der Waals surface area contributed by atoms with E-state index in [0.717, 1.165) is 17.1 Å². The molecule has 0 radical (unpaired) electrons. The maximum absolute atomic E-state index is 6.37. The largest absolute Gasteiger partial charge is 0.456 e. The molecule has 1 heteroatoms. The van der Waals surface area contributed by atoms with Gasteiger partial charge in [-0.05, 0) is 95.2 Å². The summed E-state index contributed by atoms with van der Waals surface area (Å²) in [7, 11) is 0. The summed E-state index contributed by atoms with van der Waals surface area (Å²) in [5, 5.41) is 7.42. The van der Waals surface area contributed by atoms with Crippen LogP contribution in [0.2, 0.25) is 0 Å². The maximum Gasteiger partial charge on any atom is 0.135 e. The zero-order valence-electron chi connectivity index (χ0n) is 26.7. The van der Waals surface area contributed by atoms with Crippen LogP contribution in [-0.4, -0.2) is 0 Å². The molecule has 10 rings (SSSR count). The highest BCUT2D eigenvalue weighted by Crippen LogP contribution is 2.48. The molecular weight excluding hydrogens is 593 g/mol. The molecule has 0 bridgehead atoms. The van der Waals surface area contributed by atoms with Gasteiger partial charge in [0.25, 0.3) is 0 Å². The van der Waals surface area contributed by atoms with Gasteiger partial charge >= 0.3 is 0 Å². The van der Waals surface area contributed by atoms with Crippen molar-refractivity contribution in [2.45, 2.75) is 0 Å². The van der Waals surface area contributed by atoms with Gasteiger partial charge in [0.2, 0.25) is 0 Å². The van der Waals surface area contributed by atoms with Crippen molar-refractivity contribution in [1.29, 1.82) is 0 Å². The molecule has 0 spiro atoms. The number of hydrogen-bond donors (Lipinski definition) is 0. The Kier molecular flexibility index (Phi) is 6.25. The Bertz CT molecular complexity index is 2640. The molecule has 1 nitrogen and oxygen atoms in total. The summed E-state index contributed by atoms with van der Waals surface area (Å²) < 4.78 is 6.37. The van der Waals surface area contributed by atoms with E-state index >= 15 is 0 Å². The van der Waals surface area contributed by atoms with E-state index in [1.165, 1.54) is 82.4 Å². The van der Waals surface area contributed by atoms with Crippen LogP contribution in [0.1, 0.15) is 0 Å².